The minimum Gasteiger partial charge on any atom is -0.348 e. The zero-order chi connectivity index (χ0) is 16.6. The number of H-pyrrole nitrogens is 1. The Bertz CT molecular complexity index is 684. The lowest BCUT2D eigenvalue weighted by molar-refractivity contribution is -0.123. The lowest BCUT2D eigenvalue weighted by Gasteiger charge is -2.21. The molecule has 1 saturated carbocycles. The van der Waals surface area contributed by atoms with E-state index in [1.54, 1.807) is 12.1 Å². The SMILES string of the molecule is Cc1n[nH]c(C)c1[C@H](C)C(=O)N[C@@H](c1ccc(F)cc1)C1CC1. The molecule has 5 heteroatoms. The smallest absolute Gasteiger partial charge is 0.227 e. The van der Waals surface area contributed by atoms with Gasteiger partial charge in [0.05, 0.1) is 17.7 Å². The molecule has 0 radical (unpaired) electrons. The quantitative estimate of drug-likeness (QED) is 0.886. The van der Waals surface area contributed by atoms with E-state index >= 15 is 0 Å². The maximum atomic E-state index is 13.1. The molecule has 1 aliphatic carbocycles. The van der Waals surface area contributed by atoms with Crippen molar-refractivity contribution in [3.05, 3.63) is 52.6 Å². The summed E-state index contributed by atoms with van der Waals surface area (Å²) in [5.74, 6) is -0.0925. The molecular formula is C18H22FN3O. The van der Waals surface area contributed by atoms with Crippen molar-refractivity contribution in [3.8, 4) is 0 Å². The van der Waals surface area contributed by atoms with Gasteiger partial charge in [0.1, 0.15) is 5.82 Å². The highest BCUT2D eigenvalue weighted by Gasteiger charge is 2.34. The van der Waals surface area contributed by atoms with E-state index in [1.165, 1.54) is 12.1 Å². The van der Waals surface area contributed by atoms with Crippen LogP contribution in [-0.2, 0) is 4.79 Å². The monoisotopic (exact) mass is 315 g/mol. The molecule has 1 fully saturated rings. The summed E-state index contributed by atoms with van der Waals surface area (Å²) < 4.78 is 13.1. The standard InChI is InChI=1S/C18H22FN3O/c1-10(16-11(2)21-22-12(16)3)18(23)20-17(13-4-5-13)14-6-8-15(19)9-7-14/h6-10,13,17H,4-5H2,1-3H3,(H,20,23)(H,21,22)/t10-,17+/m0/s1. The molecule has 1 aromatic carbocycles. The Morgan fingerprint density at radius 3 is 2.48 bits per heavy atom. The lowest BCUT2D eigenvalue weighted by atomic mass is 9.96. The van der Waals surface area contributed by atoms with Crippen molar-refractivity contribution in [2.45, 2.75) is 45.6 Å². The molecule has 3 rings (SSSR count). The number of rotatable bonds is 5. The van der Waals surface area contributed by atoms with E-state index in [0.29, 0.717) is 5.92 Å². The number of aryl methyl sites for hydroxylation is 2. The third-order valence-electron chi connectivity index (χ3n) is 4.63. The first-order chi connectivity index (χ1) is 11.0. The van der Waals surface area contributed by atoms with Gasteiger partial charge in [0.2, 0.25) is 5.91 Å². The summed E-state index contributed by atoms with van der Waals surface area (Å²) in [6, 6.07) is 6.38. The second-order valence-electron chi connectivity index (χ2n) is 6.44. The Kier molecular flexibility index (Phi) is 4.20. The van der Waals surface area contributed by atoms with Gasteiger partial charge in [0.15, 0.2) is 0 Å². The van der Waals surface area contributed by atoms with Gasteiger partial charge in [-0.15, -0.1) is 0 Å². The van der Waals surface area contributed by atoms with Gasteiger partial charge in [0, 0.05) is 11.3 Å². The largest absolute Gasteiger partial charge is 0.348 e. The highest BCUT2D eigenvalue weighted by atomic mass is 19.1. The number of halogens is 1. The molecule has 0 spiro atoms. The molecular weight excluding hydrogens is 293 g/mol. The Labute approximate surface area is 135 Å². The van der Waals surface area contributed by atoms with Crippen molar-refractivity contribution >= 4 is 5.91 Å². The van der Waals surface area contributed by atoms with Crippen LogP contribution < -0.4 is 5.32 Å². The van der Waals surface area contributed by atoms with Crippen molar-refractivity contribution in [3.63, 3.8) is 0 Å². The van der Waals surface area contributed by atoms with Gasteiger partial charge in [-0.3, -0.25) is 9.89 Å². The summed E-state index contributed by atoms with van der Waals surface area (Å²) in [6.45, 7) is 5.73. The summed E-state index contributed by atoms with van der Waals surface area (Å²) in [7, 11) is 0. The van der Waals surface area contributed by atoms with Gasteiger partial charge in [-0.1, -0.05) is 12.1 Å². The van der Waals surface area contributed by atoms with E-state index < -0.39 is 0 Å². The first kappa shape index (κ1) is 15.7. The molecule has 0 unspecified atom stereocenters. The number of nitrogens with one attached hydrogen (secondary N) is 2. The van der Waals surface area contributed by atoms with Crippen LogP contribution in [0.3, 0.4) is 0 Å². The molecule has 4 nitrogen and oxygen atoms in total. The second kappa shape index (κ2) is 6.14. The van der Waals surface area contributed by atoms with Crippen LogP contribution in [0.15, 0.2) is 24.3 Å². The van der Waals surface area contributed by atoms with Crippen LogP contribution in [0.25, 0.3) is 0 Å². The Hall–Kier alpha value is -2.17. The maximum Gasteiger partial charge on any atom is 0.227 e. The predicted octanol–water partition coefficient (Wildman–Crippen LogP) is 3.54. The molecule has 1 amide bonds. The molecule has 1 aliphatic rings. The van der Waals surface area contributed by atoms with Gasteiger partial charge in [-0.25, -0.2) is 4.39 Å². The highest BCUT2D eigenvalue weighted by molar-refractivity contribution is 5.84. The van der Waals surface area contributed by atoms with Crippen LogP contribution in [0.1, 0.15) is 54.2 Å². The Balaban J connectivity index is 1.78. The summed E-state index contributed by atoms with van der Waals surface area (Å²) in [5, 5.41) is 10.2. The highest BCUT2D eigenvalue weighted by Crippen LogP contribution is 2.41. The van der Waals surface area contributed by atoms with Crippen molar-refractivity contribution < 1.29 is 9.18 Å². The molecule has 23 heavy (non-hydrogen) atoms. The van der Waals surface area contributed by atoms with E-state index in [1.807, 2.05) is 20.8 Å². The van der Waals surface area contributed by atoms with E-state index in [-0.39, 0.29) is 23.7 Å². The predicted molar refractivity (Wildman–Crippen MR) is 86.5 cm³/mol. The molecule has 0 saturated heterocycles. The van der Waals surface area contributed by atoms with Crippen LogP contribution in [0.2, 0.25) is 0 Å². The minimum absolute atomic E-state index is 0.0150. The van der Waals surface area contributed by atoms with Crippen LogP contribution in [0.5, 0.6) is 0 Å². The third-order valence-corrected chi connectivity index (χ3v) is 4.63. The van der Waals surface area contributed by atoms with Crippen LogP contribution in [0, 0.1) is 25.6 Å². The number of amides is 1. The number of carbonyl (C=O) groups excluding carboxylic acids is 1. The van der Waals surface area contributed by atoms with Gasteiger partial charge < -0.3 is 5.32 Å². The van der Waals surface area contributed by atoms with Gasteiger partial charge >= 0.3 is 0 Å². The molecule has 0 bridgehead atoms. The van der Waals surface area contributed by atoms with Crippen molar-refractivity contribution in [1.29, 1.82) is 0 Å². The number of aromatic amines is 1. The van der Waals surface area contributed by atoms with Crippen LogP contribution in [0.4, 0.5) is 4.39 Å². The summed E-state index contributed by atoms with van der Waals surface area (Å²) in [6.07, 6.45) is 2.20. The Morgan fingerprint density at radius 2 is 1.96 bits per heavy atom. The maximum absolute atomic E-state index is 13.1. The molecule has 1 heterocycles. The van der Waals surface area contributed by atoms with E-state index in [0.717, 1.165) is 35.4 Å². The van der Waals surface area contributed by atoms with E-state index in [9.17, 15) is 9.18 Å². The van der Waals surface area contributed by atoms with Crippen LogP contribution >= 0.6 is 0 Å². The molecule has 122 valence electrons. The molecule has 0 aliphatic heterocycles. The molecule has 2 aromatic rings. The number of hydrogen-bond donors (Lipinski definition) is 2. The average Bonchev–Trinajstić information content (AvgIpc) is 3.31. The van der Waals surface area contributed by atoms with Gasteiger partial charge in [0.25, 0.3) is 0 Å². The zero-order valence-corrected chi connectivity index (χ0v) is 13.7. The zero-order valence-electron chi connectivity index (χ0n) is 13.7. The normalized spacial score (nSPS) is 16.9. The Morgan fingerprint density at radius 1 is 1.30 bits per heavy atom. The van der Waals surface area contributed by atoms with Gasteiger partial charge in [-0.2, -0.15) is 5.10 Å². The third kappa shape index (κ3) is 3.28. The molecule has 2 N–H and O–H groups in total. The summed E-state index contributed by atoms with van der Waals surface area (Å²) in [4.78, 5) is 12.7. The topological polar surface area (TPSA) is 57.8 Å². The summed E-state index contributed by atoms with van der Waals surface area (Å²) >= 11 is 0. The van der Waals surface area contributed by atoms with E-state index in [2.05, 4.69) is 15.5 Å². The number of benzene rings is 1. The van der Waals surface area contributed by atoms with E-state index in [4.69, 9.17) is 0 Å². The van der Waals surface area contributed by atoms with Crippen molar-refractivity contribution in [1.82, 2.24) is 15.5 Å². The van der Waals surface area contributed by atoms with Gasteiger partial charge in [-0.05, 0) is 57.2 Å². The fourth-order valence-electron chi connectivity index (χ4n) is 3.18. The summed E-state index contributed by atoms with van der Waals surface area (Å²) in [5.41, 5.74) is 3.70. The average molecular weight is 315 g/mol. The minimum atomic E-state index is -0.268. The first-order valence-electron chi connectivity index (χ1n) is 8.04. The van der Waals surface area contributed by atoms with Crippen molar-refractivity contribution in [2.75, 3.05) is 0 Å². The number of nitrogens with zero attached hydrogens (tertiary/aromatic N) is 1. The number of hydrogen-bond acceptors (Lipinski definition) is 2. The lowest BCUT2D eigenvalue weighted by Crippen LogP contribution is -2.33. The molecule has 2 atom stereocenters. The number of carbonyl (C=O) groups is 1. The molecule has 1 aromatic heterocycles. The fourth-order valence-corrected chi connectivity index (χ4v) is 3.18. The second-order valence-corrected chi connectivity index (χ2v) is 6.44. The van der Waals surface area contributed by atoms with Crippen molar-refractivity contribution in [2.24, 2.45) is 5.92 Å². The number of aromatic nitrogens is 2. The first-order valence-corrected chi connectivity index (χ1v) is 8.04. The van der Waals surface area contributed by atoms with Crippen LogP contribution in [-0.4, -0.2) is 16.1 Å². The fraction of sp³-hybridized carbons (Fsp3) is 0.444.